The van der Waals surface area contributed by atoms with Gasteiger partial charge in [0.2, 0.25) is 0 Å². The summed E-state index contributed by atoms with van der Waals surface area (Å²) in [4.78, 5) is 0. The second-order valence-electron chi connectivity index (χ2n) is 5.36. The van der Waals surface area contributed by atoms with Crippen molar-refractivity contribution in [3.05, 3.63) is 68.4 Å². The Bertz CT molecular complexity index is 694. The lowest BCUT2D eigenvalue weighted by atomic mass is 9.76. The number of hydrogen-bond donors (Lipinski definition) is 2. The van der Waals surface area contributed by atoms with Crippen molar-refractivity contribution in [2.75, 3.05) is 6.54 Å². The molecule has 1 aliphatic carbocycles. The average molecular weight is 371 g/mol. The Balaban J connectivity index is 2.19. The fraction of sp³-hybridized carbons (Fsp3) is 0.250. The van der Waals surface area contributed by atoms with E-state index in [4.69, 9.17) is 17.3 Å². The van der Waals surface area contributed by atoms with E-state index in [1.54, 1.807) is 0 Å². The van der Waals surface area contributed by atoms with Crippen molar-refractivity contribution in [1.29, 1.82) is 0 Å². The van der Waals surface area contributed by atoms with Gasteiger partial charge in [0.15, 0.2) is 0 Å². The molecular formula is C16H14BrClFNO. The van der Waals surface area contributed by atoms with Gasteiger partial charge >= 0.3 is 0 Å². The molecular weight excluding hydrogens is 357 g/mol. The predicted molar refractivity (Wildman–Crippen MR) is 84.9 cm³/mol. The minimum absolute atomic E-state index is 0.00585. The van der Waals surface area contributed by atoms with Gasteiger partial charge in [0, 0.05) is 22.0 Å². The molecule has 2 unspecified atom stereocenters. The first kappa shape index (κ1) is 15.0. The maximum absolute atomic E-state index is 13.8. The first-order valence-electron chi connectivity index (χ1n) is 6.61. The Morgan fingerprint density at radius 2 is 2.05 bits per heavy atom. The van der Waals surface area contributed by atoms with E-state index in [1.807, 2.05) is 30.3 Å². The van der Waals surface area contributed by atoms with Crippen molar-refractivity contribution < 1.29 is 9.50 Å². The molecule has 3 rings (SSSR count). The Kier molecular flexibility index (Phi) is 3.82. The lowest BCUT2D eigenvalue weighted by molar-refractivity contribution is 0.0986. The lowest BCUT2D eigenvalue weighted by Gasteiger charge is -2.32. The van der Waals surface area contributed by atoms with Crippen molar-refractivity contribution in [2.45, 2.75) is 17.9 Å². The van der Waals surface area contributed by atoms with Gasteiger partial charge in [-0.15, -0.1) is 0 Å². The van der Waals surface area contributed by atoms with Crippen LogP contribution in [0.3, 0.4) is 0 Å². The zero-order chi connectivity index (χ0) is 15.2. The normalized spacial score (nSPS) is 24.1. The highest BCUT2D eigenvalue weighted by atomic mass is 79.9. The summed E-state index contributed by atoms with van der Waals surface area (Å²) in [6.07, 6.45) is -0.344. The predicted octanol–water partition coefficient (Wildman–Crippen LogP) is 3.73. The molecule has 0 fully saturated rings. The van der Waals surface area contributed by atoms with Crippen LogP contribution in [0.5, 0.6) is 0 Å². The van der Waals surface area contributed by atoms with Crippen LogP contribution in [0.2, 0.25) is 5.02 Å². The summed E-state index contributed by atoms with van der Waals surface area (Å²) in [5.74, 6) is -0.490. The maximum atomic E-state index is 13.8. The van der Waals surface area contributed by atoms with E-state index >= 15 is 0 Å². The van der Waals surface area contributed by atoms with Crippen LogP contribution in [0.4, 0.5) is 4.39 Å². The molecule has 110 valence electrons. The SMILES string of the molecule is NCC1(c2ccccc2)Cc2cc(F)c(Cl)c(Br)c2C1O. The Morgan fingerprint density at radius 3 is 2.67 bits per heavy atom. The van der Waals surface area contributed by atoms with Crippen LogP contribution in [-0.2, 0) is 11.8 Å². The van der Waals surface area contributed by atoms with Crippen LogP contribution in [0, 0.1) is 5.82 Å². The van der Waals surface area contributed by atoms with Crippen molar-refractivity contribution in [1.82, 2.24) is 0 Å². The fourth-order valence-electron chi connectivity index (χ4n) is 3.14. The van der Waals surface area contributed by atoms with Crippen LogP contribution >= 0.6 is 27.5 Å². The highest BCUT2D eigenvalue weighted by molar-refractivity contribution is 9.10. The Morgan fingerprint density at radius 1 is 1.38 bits per heavy atom. The van der Waals surface area contributed by atoms with Crippen LogP contribution in [0.1, 0.15) is 22.8 Å². The summed E-state index contributed by atoms with van der Waals surface area (Å²) < 4.78 is 14.3. The van der Waals surface area contributed by atoms with Gasteiger partial charge in [-0.05, 0) is 39.5 Å². The number of aliphatic hydroxyl groups excluding tert-OH is 1. The molecule has 0 radical (unpaired) electrons. The molecule has 0 aromatic heterocycles. The largest absolute Gasteiger partial charge is 0.387 e. The Labute approximate surface area is 135 Å². The molecule has 2 nitrogen and oxygen atoms in total. The molecule has 21 heavy (non-hydrogen) atoms. The summed E-state index contributed by atoms with van der Waals surface area (Å²) >= 11 is 9.25. The molecule has 3 N–H and O–H groups in total. The van der Waals surface area contributed by atoms with E-state index in [1.165, 1.54) is 6.07 Å². The smallest absolute Gasteiger partial charge is 0.143 e. The van der Waals surface area contributed by atoms with Gasteiger partial charge in [-0.3, -0.25) is 0 Å². The lowest BCUT2D eigenvalue weighted by Crippen LogP contribution is -2.39. The first-order valence-corrected chi connectivity index (χ1v) is 7.78. The van der Waals surface area contributed by atoms with Crippen LogP contribution in [0.15, 0.2) is 40.9 Å². The van der Waals surface area contributed by atoms with E-state index in [0.29, 0.717) is 16.5 Å². The minimum atomic E-state index is -0.827. The second kappa shape index (κ2) is 5.36. The number of rotatable bonds is 2. The van der Waals surface area contributed by atoms with Crippen molar-refractivity contribution >= 4 is 27.5 Å². The van der Waals surface area contributed by atoms with Gasteiger partial charge in [-0.1, -0.05) is 41.9 Å². The second-order valence-corrected chi connectivity index (χ2v) is 6.54. The van der Waals surface area contributed by atoms with E-state index in [2.05, 4.69) is 15.9 Å². The van der Waals surface area contributed by atoms with Crippen molar-refractivity contribution in [2.24, 2.45) is 5.73 Å². The molecule has 0 aliphatic heterocycles. The van der Waals surface area contributed by atoms with Gasteiger partial charge in [0.25, 0.3) is 0 Å². The fourth-order valence-corrected chi connectivity index (χ4v) is 3.96. The first-order chi connectivity index (χ1) is 10.0. The summed E-state index contributed by atoms with van der Waals surface area (Å²) in [6.45, 7) is 0.262. The van der Waals surface area contributed by atoms with Crippen molar-refractivity contribution in [3.8, 4) is 0 Å². The molecule has 0 heterocycles. The Hall–Kier alpha value is -0.940. The number of benzene rings is 2. The molecule has 0 amide bonds. The molecule has 1 aliphatic rings. The van der Waals surface area contributed by atoms with Gasteiger partial charge in [-0.25, -0.2) is 4.39 Å². The van der Waals surface area contributed by atoms with Crippen LogP contribution in [0.25, 0.3) is 0 Å². The zero-order valence-corrected chi connectivity index (χ0v) is 13.5. The van der Waals surface area contributed by atoms with Gasteiger partial charge in [0.05, 0.1) is 11.1 Å². The van der Waals surface area contributed by atoms with Crippen LogP contribution < -0.4 is 5.73 Å². The molecule has 0 spiro atoms. The van der Waals surface area contributed by atoms with E-state index in [0.717, 1.165) is 11.1 Å². The molecule has 0 bridgehead atoms. The summed E-state index contributed by atoms with van der Waals surface area (Å²) in [5, 5.41) is 10.8. The third kappa shape index (κ3) is 2.13. The number of aliphatic hydroxyl groups is 1. The highest BCUT2D eigenvalue weighted by Crippen LogP contribution is 2.51. The highest BCUT2D eigenvalue weighted by Gasteiger charge is 2.47. The molecule has 0 saturated heterocycles. The molecule has 2 aromatic rings. The van der Waals surface area contributed by atoms with E-state index in [-0.39, 0.29) is 11.6 Å². The third-order valence-corrected chi connectivity index (χ3v) is 5.72. The standard InChI is InChI=1S/C16H14BrClFNO/c17-13-12-9(6-11(19)14(13)18)7-16(8-20,15(12)21)10-4-2-1-3-5-10/h1-6,15,21H,7-8,20H2. The molecule has 2 aromatic carbocycles. The zero-order valence-electron chi connectivity index (χ0n) is 11.1. The molecule has 2 atom stereocenters. The average Bonchev–Trinajstić information content (AvgIpc) is 2.79. The third-order valence-electron chi connectivity index (χ3n) is 4.30. The van der Waals surface area contributed by atoms with Crippen molar-refractivity contribution in [3.63, 3.8) is 0 Å². The van der Waals surface area contributed by atoms with Gasteiger partial charge in [-0.2, -0.15) is 0 Å². The maximum Gasteiger partial charge on any atom is 0.143 e. The van der Waals surface area contributed by atoms with E-state index in [9.17, 15) is 9.50 Å². The summed E-state index contributed by atoms with van der Waals surface area (Å²) in [6, 6.07) is 11.0. The van der Waals surface area contributed by atoms with Gasteiger partial charge < -0.3 is 10.8 Å². The number of halogens is 3. The monoisotopic (exact) mass is 369 g/mol. The molecule has 5 heteroatoms. The topological polar surface area (TPSA) is 46.2 Å². The summed E-state index contributed by atoms with van der Waals surface area (Å²) in [5.41, 5.74) is 7.67. The summed E-state index contributed by atoms with van der Waals surface area (Å²) in [7, 11) is 0. The number of hydrogen-bond acceptors (Lipinski definition) is 2. The van der Waals surface area contributed by atoms with Crippen LogP contribution in [-0.4, -0.2) is 11.7 Å². The van der Waals surface area contributed by atoms with E-state index < -0.39 is 17.3 Å². The quantitative estimate of drug-likeness (QED) is 0.791. The minimum Gasteiger partial charge on any atom is -0.387 e. The number of fused-ring (bicyclic) bond motifs is 1. The number of nitrogens with two attached hydrogens (primary N) is 1. The molecule has 0 saturated carbocycles. The van der Waals surface area contributed by atoms with Gasteiger partial charge in [0.1, 0.15) is 5.82 Å².